The molecule has 0 aliphatic rings. The molecule has 1 aromatic heterocycles. The normalized spacial score (nSPS) is 10.8. The number of aryl methyl sites for hydroxylation is 1. The van der Waals surface area contributed by atoms with Gasteiger partial charge in [0.05, 0.1) is 19.0 Å². The molecule has 28 heavy (non-hydrogen) atoms. The summed E-state index contributed by atoms with van der Waals surface area (Å²) in [4.78, 5) is 16.6. The Kier molecular flexibility index (Phi) is 6.23. The highest BCUT2D eigenvalue weighted by atomic mass is 32.1. The van der Waals surface area contributed by atoms with E-state index in [2.05, 4.69) is 15.5 Å². The monoisotopic (exact) mass is 396 g/mol. The third kappa shape index (κ3) is 4.86. The Labute approximate surface area is 166 Å². The number of hydrogen-bond acceptors (Lipinski definition) is 7. The topological polar surface area (TPSA) is 98.8 Å². The summed E-state index contributed by atoms with van der Waals surface area (Å²) in [5.74, 6) is 0.860. The average molecular weight is 396 g/mol. The number of anilines is 1. The molecule has 0 atom stereocenters. The first-order chi connectivity index (χ1) is 13.6. The van der Waals surface area contributed by atoms with Crippen molar-refractivity contribution in [1.82, 2.24) is 10.4 Å². The zero-order chi connectivity index (χ0) is 19.9. The van der Waals surface area contributed by atoms with Crippen LogP contribution in [0.1, 0.15) is 26.5 Å². The van der Waals surface area contributed by atoms with Crippen molar-refractivity contribution in [3.05, 3.63) is 70.2 Å². The number of hydrazone groups is 1. The van der Waals surface area contributed by atoms with Gasteiger partial charge in [0.1, 0.15) is 11.5 Å². The minimum Gasteiger partial charge on any atom is -0.493 e. The van der Waals surface area contributed by atoms with Crippen molar-refractivity contribution < 1.29 is 14.3 Å². The molecule has 0 aliphatic carbocycles. The summed E-state index contributed by atoms with van der Waals surface area (Å²) in [5.41, 5.74) is 10.5. The molecular weight excluding hydrogens is 376 g/mol. The van der Waals surface area contributed by atoms with Crippen LogP contribution in [0.2, 0.25) is 0 Å². The number of carbonyl (C=O) groups excluding carboxylic acids is 1. The highest BCUT2D eigenvalue weighted by molar-refractivity contribution is 7.17. The maximum atomic E-state index is 12.1. The average Bonchev–Trinajstić information content (AvgIpc) is 3.05. The molecule has 0 bridgehead atoms. The maximum Gasteiger partial charge on any atom is 0.283 e. The van der Waals surface area contributed by atoms with Crippen LogP contribution in [-0.4, -0.2) is 24.2 Å². The van der Waals surface area contributed by atoms with Crippen molar-refractivity contribution in [2.24, 2.45) is 5.10 Å². The molecule has 144 valence electrons. The lowest BCUT2D eigenvalue weighted by atomic mass is 10.2. The molecule has 2 aromatic carbocycles. The lowest BCUT2D eigenvalue weighted by molar-refractivity contribution is 0.0958. The van der Waals surface area contributed by atoms with Crippen LogP contribution in [0.3, 0.4) is 0 Å². The lowest BCUT2D eigenvalue weighted by Gasteiger charge is -2.11. The predicted molar refractivity (Wildman–Crippen MR) is 110 cm³/mol. The van der Waals surface area contributed by atoms with Crippen LogP contribution < -0.4 is 20.6 Å². The number of carbonyl (C=O) groups is 1. The molecule has 0 saturated carbocycles. The van der Waals surface area contributed by atoms with Gasteiger partial charge in [0.25, 0.3) is 5.91 Å². The summed E-state index contributed by atoms with van der Waals surface area (Å²) in [6, 6.07) is 15.3. The summed E-state index contributed by atoms with van der Waals surface area (Å²) < 4.78 is 11.2. The molecule has 3 rings (SSSR count). The van der Waals surface area contributed by atoms with Gasteiger partial charge in [-0.05, 0) is 36.2 Å². The van der Waals surface area contributed by atoms with Crippen LogP contribution in [0.15, 0.2) is 53.6 Å². The Morgan fingerprint density at radius 3 is 2.71 bits per heavy atom. The van der Waals surface area contributed by atoms with E-state index in [1.807, 2.05) is 36.4 Å². The first kappa shape index (κ1) is 19.4. The standard InChI is InChI=1S/C20H20N4O3S/c1-13-18(28-20(21)23-13)19(25)24-22-11-15-8-9-16(17(10-15)26-2)27-12-14-6-4-3-5-7-14/h3-11H,12H2,1-2H3,(H2,21,23)(H,24,25). The molecule has 0 spiro atoms. The number of amides is 1. The number of aromatic nitrogens is 1. The SMILES string of the molecule is COc1cc(C=NNC(=O)c2sc(N)nc2C)ccc1OCc1ccccc1. The first-order valence-electron chi connectivity index (χ1n) is 8.48. The molecule has 1 amide bonds. The van der Waals surface area contributed by atoms with Crippen molar-refractivity contribution in [3.63, 3.8) is 0 Å². The molecule has 3 aromatic rings. The number of hydrogen-bond donors (Lipinski definition) is 2. The molecule has 3 N–H and O–H groups in total. The number of benzene rings is 2. The van der Waals surface area contributed by atoms with Crippen LogP contribution >= 0.6 is 11.3 Å². The quantitative estimate of drug-likeness (QED) is 0.471. The second kappa shape index (κ2) is 9.01. The second-order valence-corrected chi connectivity index (χ2v) is 6.88. The predicted octanol–water partition coefficient (Wildman–Crippen LogP) is 3.39. The van der Waals surface area contributed by atoms with Crippen LogP contribution in [0.5, 0.6) is 11.5 Å². The molecule has 0 aliphatic heterocycles. The van der Waals surface area contributed by atoms with Crippen molar-refractivity contribution in [2.75, 3.05) is 12.8 Å². The Hall–Kier alpha value is -3.39. The second-order valence-electron chi connectivity index (χ2n) is 5.85. The van der Waals surface area contributed by atoms with E-state index in [1.165, 1.54) is 6.21 Å². The van der Waals surface area contributed by atoms with E-state index in [1.54, 1.807) is 26.2 Å². The molecule has 7 nitrogen and oxygen atoms in total. The molecule has 0 radical (unpaired) electrons. The molecule has 0 fully saturated rings. The van der Waals surface area contributed by atoms with Gasteiger partial charge < -0.3 is 15.2 Å². The summed E-state index contributed by atoms with van der Waals surface area (Å²) in [6.07, 6.45) is 1.53. The molecular formula is C20H20N4O3S. The van der Waals surface area contributed by atoms with E-state index in [0.29, 0.717) is 33.8 Å². The fourth-order valence-electron chi connectivity index (χ4n) is 2.46. The molecule has 1 heterocycles. The van der Waals surface area contributed by atoms with E-state index in [0.717, 1.165) is 22.5 Å². The van der Waals surface area contributed by atoms with Gasteiger partial charge in [0, 0.05) is 0 Å². The number of rotatable bonds is 7. The van der Waals surface area contributed by atoms with Gasteiger partial charge in [-0.1, -0.05) is 41.7 Å². The van der Waals surface area contributed by atoms with Gasteiger partial charge in [-0.3, -0.25) is 4.79 Å². The third-order valence-electron chi connectivity index (χ3n) is 3.82. The Balaban J connectivity index is 1.63. The Morgan fingerprint density at radius 2 is 2.04 bits per heavy atom. The highest BCUT2D eigenvalue weighted by Crippen LogP contribution is 2.28. The number of methoxy groups -OCH3 is 1. The number of thiazole rings is 1. The summed E-state index contributed by atoms with van der Waals surface area (Å²) >= 11 is 1.12. The van der Waals surface area contributed by atoms with Gasteiger partial charge in [-0.25, -0.2) is 10.4 Å². The maximum absolute atomic E-state index is 12.1. The van der Waals surface area contributed by atoms with Crippen molar-refractivity contribution in [1.29, 1.82) is 0 Å². The van der Waals surface area contributed by atoms with E-state index < -0.39 is 0 Å². The van der Waals surface area contributed by atoms with Crippen molar-refractivity contribution in [2.45, 2.75) is 13.5 Å². The lowest BCUT2D eigenvalue weighted by Crippen LogP contribution is -2.17. The van der Waals surface area contributed by atoms with E-state index >= 15 is 0 Å². The largest absolute Gasteiger partial charge is 0.493 e. The minimum absolute atomic E-state index is 0.349. The van der Waals surface area contributed by atoms with Gasteiger partial charge in [-0.2, -0.15) is 5.10 Å². The minimum atomic E-state index is -0.349. The van der Waals surface area contributed by atoms with E-state index in [-0.39, 0.29) is 5.91 Å². The Morgan fingerprint density at radius 1 is 1.25 bits per heavy atom. The number of nitrogens with zero attached hydrogens (tertiary/aromatic N) is 2. The summed E-state index contributed by atoms with van der Waals surface area (Å²) in [6.45, 7) is 2.17. The van der Waals surface area contributed by atoms with E-state index in [4.69, 9.17) is 15.2 Å². The van der Waals surface area contributed by atoms with Crippen LogP contribution in [0.4, 0.5) is 5.13 Å². The zero-order valence-electron chi connectivity index (χ0n) is 15.5. The van der Waals surface area contributed by atoms with Gasteiger partial charge in [0.15, 0.2) is 16.6 Å². The zero-order valence-corrected chi connectivity index (χ0v) is 16.3. The molecule has 0 unspecified atom stereocenters. The summed E-state index contributed by atoms with van der Waals surface area (Å²) in [7, 11) is 1.57. The number of nitrogen functional groups attached to an aromatic ring is 1. The van der Waals surface area contributed by atoms with E-state index in [9.17, 15) is 4.79 Å². The number of nitrogens with one attached hydrogen (secondary N) is 1. The fraction of sp³-hybridized carbons (Fsp3) is 0.150. The highest BCUT2D eigenvalue weighted by Gasteiger charge is 2.13. The van der Waals surface area contributed by atoms with Crippen LogP contribution in [0, 0.1) is 6.92 Å². The van der Waals surface area contributed by atoms with Crippen molar-refractivity contribution in [3.8, 4) is 11.5 Å². The van der Waals surface area contributed by atoms with Crippen molar-refractivity contribution >= 4 is 28.6 Å². The molecule has 8 heteroatoms. The van der Waals surface area contributed by atoms with Crippen LogP contribution in [0.25, 0.3) is 0 Å². The molecule has 0 saturated heterocycles. The number of nitrogens with two attached hydrogens (primary N) is 1. The third-order valence-corrected chi connectivity index (χ3v) is 4.81. The van der Waals surface area contributed by atoms with Gasteiger partial charge >= 0.3 is 0 Å². The Bertz CT molecular complexity index is 986. The van der Waals surface area contributed by atoms with Gasteiger partial charge in [-0.15, -0.1) is 0 Å². The first-order valence-corrected chi connectivity index (χ1v) is 9.29. The van der Waals surface area contributed by atoms with Gasteiger partial charge in [0.2, 0.25) is 0 Å². The van der Waals surface area contributed by atoms with Crippen LogP contribution in [-0.2, 0) is 6.61 Å². The summed E-state index contributed by atoms with van der Waals surface area (Å²) in [5, 5.41) is 4.33. The smallest absolute Gasteiger partial charge is 0.283 e. The fourth-order valence-corrected chi connectivity index (χ4v) is 3.19. The number of ether oxygens (including phenoxy) is 2.